The third kappa shape index (κ3) is 9.54. The summed E-state index contributed by atoms with van der Waals surface area (Å²) in [7, 11) is 0. The van der Waals surface area contributed by atoms with E-state index >= 15 is 0 Å². The van der Waals surface area contributed by atoms with Gasteiger partial charge in [-0.2, -0.15) is 0 Å². The molecule has 0 aromatic carbocycles. The summed E-state index contributed by atoms with van der Waals surface area (Å²) in [6.07, 6.45) is 1.00. The minimum atomic E-state index is -1.52. The number of aliphatic hydroxyl groups excluding tert-OH is 1. The summed E-state index contributed by atoms with van der Waals surface area (Å²) in [5.41, 5.74) is 11.1. The van der Waals surface area contributed by atoms with E-state index in [9.17, 15) is 34.2 Å². The number of aliphatic hydroxyl groups is 1. The number of aliphatic carboxylic acids is 1. The predicted octanol–water partition coefficient (Wildman–Crippen LogP) is -2.88. The van der Waals surface area contributed by atoms with Crippen LogP contribution in [0.25, 0.3) is 0 Å². The molecule has 4 amide bonds. The summed E-state index contributed by atoms with van der Waals surface area (Å²) in [6.45, 7) is 4.83. The van der Waals surface area contributed by atoms with Crippen molar-refractivity contribution in [3.63, 3.8) is 0 Å². The molecule has 0 saturated carbocycles. The van der Waals surface area contributed by atoms with Gasteiger partial charge in [-0.1, -0.05) is 13.8 Å². The van der Waals surface area contributed by atoms with Gasteiger partial charge in [0.2, 0.25) is 23.6 Å². The molecule has 0 spiro atoms. The zero-order valence-electron chi connectivity index (χ0n) is 19.3. The second-order valence-corrected chi connectivity index (χ2v) is 8.37. The number of imidazole rings is 1. The molecule has 0 aliphatic rings. The molecular formula is C20H33N7O7. The highest BCUT2D eigenvalue weighted by molar-refractivity contribution is 5.95. The molecule has 0 fully saturated rings. The van der Waals surface area contributed by atoms with Crippen LogP contribution in [-0.2, 0) is 30.4 Å². The SMILES string of the molecule is CC(C)CC(NC(=O)C(Cc1cnc[nH]1)NC(=O)C(NC(=O)C(N)CC(N)=O)C(C)O)C(=O)O. The zero-order valence-corrected chi connectivity index (χ0v) is 19.3. The quantitative estimate of drug-likeness (QED) is 0.135. The minimum absolute atomic E-state index is 0.0264. The van der Waals surface area contributed by atoms with Gasteiger partial charge in [-0.15, -0.1) is 0 Å². The summed E-state index contributed by atoms with van der Waals surface area (Å²) >= 11 is 0. The number of aromatic amines is 1. The summed E-state index contributed by atoms with van der Waals surface area (Å²) in [5.74, 6) is -4.70. The molecule has 5 atom stereocenters. The summed E-state index contributed by atoms with van der Waals surface area (Å²) in [6, 6.07) is -5.32. The van der Waals surface area contributed by atoms with Gasteiger partial charge in [-0.25, -0.2) is 9.78 Å². The predicted molar refractivity (Wildman–Crippen MR) is 119 cm³/mol. The molecule has 0 aliphatic heterocycles. The number of nitrogens with one attached hydrogen (secondary N) is 4. The first kappa shape index (κ1) is 28.5. The number of carboxylic acids is 1. The van der Waals surface area contributed by atoms with Gasteiger partial charge in [0.25, 0.3) is 0 Å². The van der Waals surface area contributed by atoms with Gasteiger partial charge in [0, 0.05) is 18.3 Å². The van der Waals surface area contributed by atoms with Crippen molar-refractivity contribution < 1.29 is 34.2 Å². The lowest BCUT2D eigenvalue weighted by Gasteiger charge is -2.26. The van der Waals surface area contributed by atoms with Crippen molar-refractivity contribution in [3.05, 3.63) is 18.2 Å². The fourth-order valence-electron chi connectivity index (χ4n) is 3.03. The van der Waals surface area contributed by atoms with E-state index in [1.54, 1.807) is 13.8 Å². The molecule has 34 heavy (non-hydrogen) atoms. The van der Waals surface area contributed by atoms with Crippen molar-refractivity contribution in [1.82, 2.24) is 25.9 Å². The molecule has 0 saturated heterocycles. The Bertz CT molecular complexity index is 857. The lowest BCUT2D eigenvalue weighted by atomic mass is 10.0. The van der Waals surface area contributed by atoms with E-state index < -0.39 is 66.3 Å². The van der Waals surface area contributed by atoms with E-state index in [1.165, 1.54) is 19.4 Å². The van der Waals surface area contributed by atoms with Crippen LogP contribution in [0.15, 0.2) is 12.5 Å². The third-order valence-electron chi connectivity index (χ3n) is 4.75. The number of hydrogen-bond acceptors (Lipinski definition) is 8. The van der Waals surface area contributed by atoms with Gasteiger partial charge in [0.1, 0.15) is 18.1 Å². The summed E-state index contributed by atoms with van der Waals surface area (Å²) < 4.78 is 0. The number of nitrogens with zero attached hydrogens (tertiary/aromatic N) is 1. The number of H-pyrrole nitrogens is 1. The summed E-state index contributed by atoms with van der Waals surface area (Å²) in [4.78, 5) is 67.1. The Labute approximate surface area is 196 Å². The average Bonchev–Trinajstić information content (AvgIpc) is 3.22. The van der Waals surface area contributed by atoms with E-state index in [0.29, 0.717) is 5.69 Å². The van der Waals surface area contributed by atoms with Gasteiger partial charge < -0.3 is 42.6 Å². The van der Waals surface area contributed by atoms with Crippen molar-refractivity contribution in [2.75, 3.05) is 0 Å². The van der Waals surface area contributed by atoms with E-state index in [1.807, 2.05) is 0 Å². The molecule has 5 unspecified atom stereocenters. The molecule has 14 heteroatoms. The Morgan fingerprint density at radius 3 is 2.12 bits per heavy atom. The number of hydrogen-bond donors (Lipinski definition) is 8. The zero-order chi connectivity index (χ0) is 26.0. The molecule has 10 N–H and O–H groups in total. The number of carboxylic acid groups (broad SMARTS) is 1. The fraction of sp³-hybridized carbons (Fsp3) is 0.600. The Kier molecular flexibility index (Phi) is 11.1. The van der Waals surface area contributed by atoms with Crippen LogP contribution in [0, 0.1) is 5.92 Å². The van der Waals surface area contributed by atoms with Crippen LogP contribution in [-0.4, -0.2) is 80.1 Å². The average molecular weight is 484 g/mol. The lowest BCUT2D eigenvalue weighted by molar-refractivity contribution is -0.143. The highest BCUT2D eigenvalue weighted by Gasteiger charge is 2.33. The van der Waals surface area contributed by atoms with Gasteiger partial charge in [0.05, 0.1) is 24.9 Å². The first-order valence-electron chi connectivity index (χ1n) is 10.6. The second kappa shape index (κ2) is 13.3. The maximum Gasteiger partial charge on any atom is 0.326 e. The maximum absolute atomic E-state index is 12.9. The van der Waals surface area contributed by atoms with E-state index in [-0.39, 0.29) is 18.8 Å². The van der Waals surface area contributed by atoms with E-state index in [2.05, 4.69) is 25.9 Å². The van der Waals surface area contributed by atoms with Crippen molar-refractivity contribution >= 4 is 29.6 Å². The Morgan fingerprint density at radius 2 is 1.65 bits per heavy atom. The van der Waals surface area contributed by atoms with Crippen molar-refractivity contribution in [2.24, 2.45) is 17.4 Å². The highest BCUT2D eigenvalue weighted by Crippen LogP contribution is 2.07. The number of carbonyl (C=O) groups excluding carboxylic acids is 4. The molecule has 14 nitrogen and oxygen atoms in total. The molecule has 1 aromatic rings. The number of rotatable bonds is 14. The monoisotopic (exact) mass is 483 g/mol. The van der Waals surface area contributed by atoms with Gasteiger partial charge in [0.15, 0.2) is 0 Å². The molecule has 1 heterocycles. The second-order valence-electron chi connectivity index (χ2n) is 8.37. The summed E-state index contributed by atoms with van der Waals surface area (Å²) in [5, 5.41) is 26.5. The number of amides is 4. The van der Waals surface area contributed by atoms with Crippen LogP contribution >= 0.6 is 0 Å². The maximum atomic E-state index is 12.9. The molecular weight excluding hydrogens is 450 g/mol. The Hall–Kier alpha value is -3.52. The van der Waals surface area contributed by atoms with Crippen LogP contribution in [0.5, 0.6) is 0 Å². The molecule has 190 valence electrons. The van der Waals surface area contributed by atoms with E-state index in [0.717, 1.165) is 0 Å². The molecule has 0 aliphatic carbocycles. The smallest absolute Gasteiger partial charge is 0.326 e. The molecule has 0 radical (unpaired) electrons. The van der Waals surface area contributed by atoms with Crippen LogP contribution in [0.2, 0.25) is 0 Å². The third-order valence-corrected chi connectivity index (χ3v) is 4.75. The van der Waals surface area contributed by atoms with Crippen molar-refractivity contribution in [3.8, 4) is 0 Å². The normalized spacial score (nSPS) is 15.5. The molecule has 0 bridgehead atoms. The first-order chi connectivity index (χ1) is 15.8. The lowest BCUT2D eigenvalue weighted by Crippen LogP contribution is -2.60. The van der Waals surface area contributed by atoms with Crippen molar-refractivity contribution in [1.29, 1.82) is 0 Å². The Balaban J connectivity index is 3.03. The topological polar surface area (TPSA) is 243 Å². The van der Waals surface area contributed by atoms with Crippen LogP contribution in [0.4, 0.5) is 0 Å². The number of nitrogens with two attached hydrogens (primary N) is 2. The Morgan fingerprint density at radius 1 is 1.03 bits per heavy atom. The van der Waals surface area contributed by atoms with Gasteiger partial charge >= 0.3 is 5.97 Å². The van der Waals surface area contributed by atoms with Crippen LogP contribution in [0.3, 0.4) is 0 Å². The number of primary amides is 1. The number of carbonyl (C=O) groups is 5. The highest BCUT2D eigenvalue weighted by atomic mass is 16.4. The van der Waals surface area contributed by atoms with Gasteiger partial charge in [-0.3, -0.25) is 19.2 Å². The van der Waals surface area contributed by atoms with Crippen LogP contribution in [0.1, 0.15) is 39.3 Å². The van der Waals surface area contributed by atoms with E-state index in [4.69, 9.17) is 11.5 Å². The largest absolute Gasteiger partial charge is 0.480 e. The molecule has 1 rings (SSSR count). The fourth-order valence-corrected chi connectivity index (χ4v) is 3.03. The first-order valence-corrected chi connectivity index (χ1v) is 10.6. The standard InChI is InChI=1S/C20H33N7O7/c1-9(2)4-14(20(33)34)26-18(31)13(5-11-7-23-8-24-11)25-19(32)16(10(3)28)27-17(30)12(21)6-15(22)29/h7-10,12-14,16,28H,4-6,21H2,1-3H3,(H2,22,29)(H,23,24)(H,25,32)(H,26,31)(H,27,30)(H,33,34). The van der Waals surface area contributed by atoms with Crippen LogP contribution < -0.4 is 27.4 Å². The number of aromatic nitrogens is 2. The molecule has 1 aromatic heterocycles. The van der Waals surface area contributed by atoms with Crippen molar-refractivity contribution in [2.45, 2.75) is 70.3 Å². The minimum Gasteiger partial charge on any atom is -0.480 e. The van der Waals surface area contributed by atoms with Gasteiger partial charge in [-0.05, 0) is 19.3 Å².